The first-order chi connectivity index (χ1) is 9.22. The quantitative estimate of drug-likeness (QED) is 0.337. The van der Waals surface area contributed by atoms with Crippen LogP contribution in [-0.2, 0) is 11.2 Å². The van der Waals surface area contributed by atoms with Gasteiger partial charge < -0.3 is 0 Å². The van der Waals surface area contributed by atoms with Crippen molar-refractivity contribution in [1.82, 2.24) is 0 Å². The lowest BCUT2D eigenvalue weighted by Crippen LogP contribution is -1.86. The molecule has 2 heteroatoms. The molecule has 19 heavy (non-hydrogen) atoms. The van der Waals surface area contributed by atoms with Crippen LogP contribution in [0.3, 0.4) is 0 Å². The highest BCUT2D eigenvalue weighted by molar-refractivity contribution is 6.66. The van der Waals surface area contributed by atoms with E-state index in [2.05, 4.69) is 19.1 Å². The number of unbranched alkanes of at least 4 members (excludes halogenated alkanes) is 5. The van der Waals surface area contributed by atoms with Crippen LogP contribution in [0, 0.1) is 0 Å². The van der Waals surface area contributed by atoms with Crippen molar-refractivity contribution in [1.29, 1.82) is 0 Å². The summed E-state index contributed by atoms with van der Waals surface area (Å²) in [7, 11) is 0. The van der Waals surface area contributed by atoms with Crippen molar-refractivity contribution in [2.45, 2.75) is 51.9 Å². The molecule has 0 saturated heterocycles. The third-order valence-electron chi connectivity index (χ3n) is 3.21. The molecule has 1 nitrogen and oxygen atoms in total. The molecule has 1 aromatic rings. The van der Waals surface area contributed by atoms with E-state index in [1.807, 2.05) is 12.1 Å². The second-order valence-electron chi connectivity index (χ2n) is 4.90. The molecule has 0 aliphatic carbocycles. The Balaban J connectivity index is 2.26. The molecule has 0 bridgehead atoms. The minimum Gasteiger partial charge on any atom is -0.276 e. The number of aryl methyl sites for hydroxylation is 1. The fraction of sp³-hybridized carbons (Fsp3) is 0.471. The lowest BCUT2D eigenvalue weighted by Gasteiger charge is -2.02. The van der Waals surface area contributed by atoms with Gasteiger partial charge in [-0.3, -0.25) is 4.79 Å². The Kier molecular flexibility index (Phi) is 8.24. The van der Waals surface area contributed by atoms with Gasteiger partial charge in [-0.15, -0.1) is 0 Å². The molecule has 0 spiro atoms. The fourth-order valence-electron chi connectivity index (χ4n) is 2.07. The van der Waals surface area contributed by atoms with Gasteiger partial charge in [-0.2, -0.15) is 0 Å². The van der Waals surface area contributed by atoms with Crippen molar-refractivity contribution in [3.05, 3.63) is 41.5 Å². The van der Waals surface area contributed by atoms with E-state index in [-0.39, 0.29) is 0 Å². The van der Waals surface area contributed by atoms with Crippen LogP contribution in [-0.4, -0.2) is 5.24 Å². The molecule has 0 atom stereocenters. The van der Waals surface area contributed by atoms with Gasteiger partial charge >= 0.3 is 0 Å². The summed E-state index contributed by atoms with van der Waals surface area (Å²) < 4.78 is 0. The topological polar surface area (TPSA) is 17.1 Å². The maximum absolute atomic E-state index is 10.6. The van der Waals surface area contributed by atoms with Crippen molar-refractivity contribution in [2.24, 2.45) is 0 Å². The van der Waals surface area contributed by atoms with E-state index in [1.165, 1.54) is 50.2 Å². The minimum atomic E-state index is -0.434. The number of hydrogen-bond acceptors (Lipinski definition) is 1. The van der Waals surface area contributed by atoms with Gasteiger partial charge in [0.05, 0.1) is 0 Å². The van der Waals surface area contributed by atoms with Crippen molar-refractivity contribution < 1.29 is 4.79 Å². The van der Waals surface area contributed by atoms with Gasteiger partial charge in [0.1, 0.15) is 0 Å². The van der Waals surface area contributed by atoms with Gasteiger partial charge in [0.25, 0.3) is 0 Å². The van der Waals surface area contributed by atoms with Gasteiger partial charge in [-0.1, -0.05) is 69.4 Å². The van der Waals surface area contributed by atoms with Crippen LogP contribution in [0.2, 0.25) is 0 Å². The number of benzene rings is 1. The molecule has 0 aliphatic rings. The first kappa shape index (κ1) is 16.0. The molecular weight excluding hydrogens is 256 g/mol. The van der Waals surface area contributed by atoms with Crippen LogP contribution < -0.4 is 0 Å². The van der Waals surface area contributed by atoms with E-state index in [0.717, 1.165) is 12.0 Å². The second-order valence-corrected chi connectivity index (χ2v) is 5.27. The molecule has 1 aromatic carbocycles. The maximum Gasteiger partial charge on any atom is 0.245 e. The van der Waals surface area contributed by atoms with Gasteiger partial charge in [0, 0.05) is 0 Å². The Hall–Kier alpha value is -1.08. The van der Waals surface area contributed by atoms with Crippen LogP contribution in [0.1, 0.15) is 56.6 Å². The Morgan fingerprint density at radius 1 is 1.05 bits per heavy atom. The zero-order valence-corrected chi connectivity index (χ0v) is 12.5. The van der Waals surface area contributed by atoms with Crippen molar-refractivity contribution >= 4 is 22.9 Å². The van der Waals surface area contributed by atoms with Crippen LogP contribution in [0.15, 0.2) is 30.3 Å². The van der Waals surface area contributed by atoms with E-state index in [9.17, 15) is 4.79 Å². The standard InChI is InChI=1S/C17H23ClO/c1-2-3-4-5-6-7-8-15-9-11-16(12-10-15)13-14-17(18)19/h9-14H,2-8H2,1H3/b14-13+. The Morgan fingerprint density at radius 3 is 2.32 bits per heavy atom. The molecule has 104 valence electrons. The molecule has 0 aliphatic heterocycles. The highest BCUT2D eigenvalue weighted by Gasteiger charge is 1.95. The molecule has 1 rings (SSSR count). The summed E-state index contributed by atoms with van der Waals surface area (Å²) in [4.78, 5) is 10.6. The zero-order valence-electron chi connectivity index (χ0n) is 11.7. The summed E-state index contributed by atoms with van der Waals surface area (Å²) in [6.45, 7) is 2.24. The third-order valence-corrected chi connectivity index (χ3v) is 3.33. The van der Waals surface area contributed by atoms with Crippen molar-refractivity contribution in [3.63, 3.8) is 0 Å². The Labute approximate surface area is 121 Å². The monoisotopic (exact) mass is 278 g/mol. The Bertz CT molecular complexity index is 392. The zero-order chi connectivity index (χ0) is 13.9. The number of halogens is 1. The molecular formula is C17H23ClO. The smallest absolute Gasteiger partial charge is 0.245 e. The predicted octanol–water partition coefficient (Wildman–Crippen LogP) is 5.37. The molecule has 0 unspecified atom stereocenters. The molecule has 0 saturated carbocycles. The van der Waals surface area contributed by atoms with E-state index in [0.29, 0.717) is 0 Å². The largest absolute Gasteiger partial charge is 0.276 e. The highest BCUT2D eigenvalue weighted by Crippen LogP contribution is 2.12. The average Bonchev–Trinajstić information content (AvgIpc) is 2.41. The fourth-order valence-corrected chi connectivity index (χ4v) is 2.13. The van der Waals surface area contributed by atoms with Crippen molar-refractivity contribution in [2.75, 3.05) is 0 Å². The molecule has 0 N–H and O–H groups in total. The lowest BCUT2D eigenvalue weighted by molar-refractivity contribution is -0.107. The van der Waals surface area contributed by atoms with Gasteiger partial charge in [0.15, 0.2) is 0 Å². The number of rotatable bonds is 9. The summed E-state index contributed by atoms with van der Waals surface area (Å²) in [5.41, 5.74) is 2.38. The maximum atomic E-state index is 10.6. The number of carbonyl (C=O) groups excluding carboxylic acids is 1. The van der Waals surface area contributed by atoms with Crippen molar-refractivity contribution in [3.8, 4) is 0 Å². The van der Waals surface area contributed by atoms with Gasteiger partial charge in [-0.05, 0) is 41.6 Å². The van der Waals surface area contributed by atoms with Crippen LogP contribution in [0.4, 0.5) is 0 Å². The van der Waals surface area contributed by atoms with Crippen LogP contribution in [0.5, 0.6) is 0 Å². The number of allylic oxidation sites excluding steroid dienone is 1. The lowest BCUT2D eigenvalue weighted by atomic mass is 10.0. The molecule has 0 aromatic heterocycles. The average molecular weight is 279 g/mol. The first-order valence-electron chi connectivity index (χ1n) is 7.19. The molecule has 0 amide bonds. The van der Waals surface area contributed by atoms with Gasteiger partial charge in [0.2, 0.25) is 5.24 Å². The highest BCUT2D eigenvalue weighted by atomic mass is 35.5. The van der Waals surface area contributed by atoms with E-state index >= 15 is 0 Å². The Morgan fingerprint density at radius 2 is 1.68 bits per heavy atom. The van der Waals surface area contributed by atoms with E-state index < -0.39 is 5.24 Å². The molecule has 0 fully saturated rings. The van der Waals surface area contributed by atoms with Gasteiger partial charge in [-0.25, -0.2) is 0 Å². The summed E-state index contributed by atoms with van der Waals surface area (Å²) in [6.07, 6.45) is 12.2. The second kappa shape index (κ2) is 9.80. The summed E-state index contributed by atoms with van der Waals surface area (Å²) >= 11 is 5.25. The number of hydrogen-bond donors (Lipinski definition) is 0. The van der Waals surface area contributed by atoms with E-state index in [4.69, 9.17) is 11.6 Å². The minimum absolute atomic E-state index is 0.434. The summed E-state index contributed by atoms with van der Waals surface area (Å²) in [5.74, 6) is 0. The van der Waals surface area contributed by atoms with E-state index in [1.54, 1.807) is 6.08 Å². The van der Waals surface area contributed by atoms with Crippen LogP contribution in [0.25, 0.3) is 6.08 Å². The summed E-state index contributed by atoms with van der Waals surface area (Å²) in [6, 6.07) is 8.32. The molecule has 0 radical (unpaired) electrons. The number of carbonyl (C=O) groups is 1. The predicted molar refractivity (Wildman–Crippen MR) is 83.4 cm³/mol. The first-order valence-corrected chi connectivity index (χ1v) is 7.56. The summed E-state index contributed by atoms with van der Waals surface area (Å²) in [5, 5.41) is -0.434. The SMILES string of the molecule is CCCCCCCCc1ccc(/C=C/C(=O)Cl)cc1. The normalized spacial score (nSPS) is 11.1. The van der Waals surface area contributed by atoms with Crippen LogP contribution >= 0.6 is 11.6 Å². The third kappa shape index (κ3) is 7.84. The molecule has 0 heterocycles.